The van der Waals surface area contributed by atoms with Crippen LogP contribution in [0.4, 0.5) is 0 Å². The molecule has 1 rings (SSSR count). The molecule has 0 amide bonds. The zero-order valence-corrected chi connectivity index (χ0v) is 11.2. The fraction of sp³-hybridized carbons (Fsp3) is 0.364. The van der Waals surface area contributed by atoms with Crippen LogP contribution in [0.5, 0.6) is 0 Å². The lowest BCUT2D eigenvalue weighted by Gasteiger charge is -2.13. The van der Waals surface area contributed by atoms with Crippen LogP contribution in [0.1, 0.15) is 19.4 Å². The van der Waals surface area contributed by atoms with E-state index in [-0.39, 0.29) is 11.5 Å². The molecule has 1 N–H and O–H groups in total. The standard InChI is InChI=1S/C11H14ClNO3S/c1-3-17(15,16)8(2)11(13-14)9-5-4-6-10(12)7-9/h4-8,14H,3H2,1-2H3/b13-11-. The number of rotatable bonds is 4. The number of sulfone groups is 1. The Morgan fingerprint density at radius 1 is 1.53 bits per heavy atom. The van der Waals surface area contributed by atoms with Crippen molar-refractivity contribution < 1.29 is 13.6 Å². The molecule has 0 aliphatic heterocycles. The summed E-state index contributed by atoms with van der Waals surface area (Å²) in [4.78, 5) is 0. The Balaban J connectivity index is 3.19. The molecule has 0 saturated carbocycles. The molecule has 0 heterocycles. The third-order valence-corrected chi connectivity index (χ3v) is 4.89. The first-order chi connectivity index (χ1) is 7.92. The predicted molar refractivity (Wildman–Crippen MR) is 68.7 cm³/mol. The summed E-state index contributed by atoms with van der Waals surface area (Å²) in [5.74, 6) is -0.00620. The summed E-state index contributed by atoms with van der Waals surface area (Å²) in [5, 5.41) is 11.7. The second kappa shape index (κ2) is 5.51. The van der Waals surface area contributed by atoms with Gasteiger partial charge >= 0.3 is 0 Å². The number of halogens is 1. The summed E-state index contributed by atoms with van der Waals surface area (Å²) in [7, 11) is -3.30. The van der Waals surface area contributed by atoms with E-state index in [1.165, 1.54) is 6.92 Å². The first kappa shape index (κ1) is 14.0. The third-order valence-electron chi connectivity index (χ3n) is 2.55. The number of hydrogen-bond donors (Lipinski definition) is 1. The highest BCUT2D eigenvalue weighted by Gasteiger charge is 2.26. The molecule has 0 aromatic heterocycles. The molecule has 0 aliphatic carbocycles. The van der Waals surface area contributed by atoms with Crippen LogP contribution < -0.4 is 0 Å². The maximum atomic E-state index is 11.7. The topological polar surface area (TPSA) is 66.7 Å². The van der Waals surface area contributed by atoms with Gasteiger partial charge in [-0.25, -0.2) is 8.42 Å². The van der Waals surface area contributed by atoms with E-state index in [9.17, 15) is 8.42 Å². The minimum Gasteiger partial charge on any atom is -0.411 e. The SMILES string of the molecule is CCS(=O)(=O)C(C)/C(=N/O)c1cccc(Cl)c1. The highest BCUT2D eigenvalue weighted by atomic mass is 35.5. The summed E-state index contributed by atoms with van der Waals surface area (Å²) in [5.41, 5.74) is 0.610. The molecule has 0 fully saturated rings. The van der Waals surface area contributed by atoms with E-state index in [2.05, 4.69) is 5.16 Å². The molecule has 0 radical (unpaired) electrons. The zero-order valence-electron chi connectivity index (χ0n) is 9.59. The Hall–Kier alpha value is -1.07. The number of benzene rings is 1. The van der Waals surface area contributed by atoms with Crippen molar-refractivity contribution in [3.63, 3.8) is 0 Å². The van der Waals surface area contributed by atoms with Crippen LogP contribution in [0.2, 0.25) is 5.02 Å². The van der Waals surface area contributed by atoms with Gasteiger partial charge in [0.15, 0.2) is 9.84 Å². The van der Waals surface area contributed by atoms with Crippen molar-refractivity contribution in [3.05, 3.63) is 34.9 Å². The van der Waals surface area contributed by atoms with Gasteiger partial charge in [-0.2, -0.15) is 0 Å². The van der Waals surface area contributed by atoms with E-state index in [0.717, 1.165) is 0 Å². The highest BCUT2D eigenvalue weighted by molar-refractivity contribution is 7.92. The molecular weight excluding hydrogens is 262 g/mol. The van der Waals surface area contributed by atoms with Gasteiger partial charge in [0.1, 0.15) is 11.0 Å². The van der Waals surface area contributed by atoms with Gasteiger partial charge in [-0.3, -0.25) is 0 Å². The number of oxime groups is 1. The lowest BCUT2D eigenvalue weighted by atomic mass is 10.1. The van der Waals surface area contributed by atoms with Gasteiger partial charge in [0.2, 0.25) is 0 Å². The smallest absolute Gasteiger partial charge is 0.158 e. The van der Waals surface area contributed by atoms with Crippen molar-refractivity contribution in [1.82, 2.24) is 0 Å². The van der Waals surface area contributed by atoms with Crippen LogP contribution in [0.15, 0.2) is 29.4 Å². The first-order valence-electron chi connectivity index (χ1n) is 5.11. The second-order valence-electron chi connectivity index (χ2n) is 3.59. The van der Waals surface area contributed by atoms with Gasteiger partial charge in [-0.15, -0.1) is 0 Å². The monoisotopic (exact) mass is 275 g/mol. The molecule has 0 spiro atoms. The fourth-order valence-electron chi connectivity index (χ4n) is 1.44. The molecule has 1 unspecified atom stereocenters. The van der Waals surface area contributed by atoms with Crippen LogP contribution >= 0.6 is 11.6 Å². The van der Waals surface area contributed by atoms with Crippen molar-refractivity contribution in [2.75, 3.05) is 5.75 Å². The highest BCUT2D eigenvalue weighted by Crippen LogP contribution is 2.16. The molecule has 0 aliphatic rings. The van der Waals surface area contributed by atoms with Crippen LogP contribution in [0.25, 0.3) is 0 Å². The Morgan fingerprint density at radius 3 is 2.65 bits per heavy atom. The quantitative estimate of drug-likeness (QED) is 0.521. The summed E-state index contributed by atoms with van der Waals surface area (Å²) >= 11 is 5.81. The van der Waals surface area contributed by atoms with Crippen LogP contribution in [0, 0.1) is 0 Å². The van der Waals surface area contributed by atoms with E-state index in [4.69, 9.17) is 16.8 Å². The normalized spacial score (nSPS) is 14.6. The van der Waals surface area contributed by atoms with E-state index in [1.54, 1.807) is 31.2 Å². The zero-order chi connectivity index (χ0) is 13.1. The molecule has 0 bridgehead atoms. The van der Waals surface area contributed by atoms with Crippen molar-refractivity contribution in [2.45, 2.75) is 19.1 Å². The van der Waals surface area contributed by atoms with Gasteiger partial charge < -0.3 is 5.21 Å². The summed E-state index contributed by atoms with van der Waals surface area (Å²) in [6.45, 7) is 3.05. The molecule has 1 aromatic rings. The number of nitrogens with zero attached hydrogens (tertiary/aromatic N) is 1. The number of hydrogen-bond acceptors (Lipinski definition) is 4. The maximum Gasteiger partial charge on any atom is 0.158 e. The average molecular weight is 276 g/mol. The minimum atomic E-state index is -3.30. The molecule has 1 atom stereocenters. The predicted octanol–water partition coefficient (Wildman–Crippen LogP) is 2.34. The Bertz CT molecular complexity index is 525. The molecular formula is C11H14ClNO3S. The van der Waals surface area contributed by atoms with Crippen molar-refractivity contribution in [2.24, 2.45) is 5.16 Å². The maximum absolute atomic E-state index is 11.7. The Labute approximate surface area is 106 Å². The van der Waals surface area contributed by atoms with Gasteiger partial charge in [0.05, 0.1) is 0 Å². The third kappa shape index (κ3) is 3.20. The molecule has 94 valence electrons. The molecule has 6 heteroatoms. The van der Waals surface area contributed by atoms with Gasteiger partial charge in [0, 0.05) is 16.3 Å². The molecule has 17 heavy (non-hydrogen) atoms. The fourth-order valence-corrected chi connectivity index (χ4v) is 2.66. The van der Waals surface area contributed by atoms with Gasteiger partial charge in [-0.05, 0) is 19.1 Å². The van der Waals surface area contributed by atoms with E-state index in [1.807, 2.05) is 0 Å². The van der Waals surface area contributed by atoms with Crippen LogP contribution in [0.3, 0.4) is 0 Å². The average Bonchev–Trinajstić information content (AvgIpc) is 2.30. The van der Waals surface area contributed by atoms with Crippen LogP contribution in [-0.2, 0) is 9.84 Å². The van der Waals surface area contributed by atoms with Gasteiger partial charge in [0.25, 0.3) is 0 Å². The summed E-state index contributed by atoms with van der Waals surface area (Å²) in [6, 6.07) is 6.56. The molecule has 0 saturated heterocycles. The summed E-state index contributed by atoms with van der Waals surface area (Å²) in [6.07, 6.45) is 0. The van der Waals surface area contributed by atoms with Crippen molar-refractivity contribution >= 4 is 27.1 Å². The Kier molecular flexibility index (Phi) is 4.54. The Morgan fingerprint density at radius 2 is 2.18 bits per heavy atom. The lowest BCUT2D eigenvalue weighted by molar-refractivity contribution is 0.318. The van der Waals surface area contributed by atoms with Crippen LogP contribution in [-0.4, -0.2) is 30.3 Å². The second-order valence-corrected chi connectivity index (χ2v) is 6.64. The van der Waals surface area contributed by atoms with Crippen molar-refractivity contribution in [1.29, 1.82) is 0 Å². The van der Waals surface area contributed by atoms with Gasteiger partial charge in [-0.1, -0.05) is 35.8 Å². The van der Waals surface area contributed by atoms with E-state index < -0.39 is 15.1 Å². The first-order valence-corrected chi connectivity index (χ1v) is 7.21. The van der Waals surface area contributed by atoms with E-state index in [0.29, 0.717) is 10.6 Å². The minimum absolute atomic E-state index is 0.00620. The lowest BCUT2D eigenvalue weighted by Crippen LogP contribution is -2.29. The largest absolute Gasteiger partial charge is 0.411 e. The van der Waals surface area contributed by atoms with E-state index >= 15 is 0 Å². The molecule has 1 aromatic carbocycles. The van der Waals surface area contributed by atoms with Crippen molar-refractivity contribution in [3.8, 4) is 0 Å². The summed E-state index contributed by atoms with van der Waals surface area (Å²) < 4.78 is 23.5. The molecule has 4 nitrogen and oxygen atoms in total.